The number of carbonyl (C=O) groups is 1. The van der Waals surface area contributed by atoms with Gasteiger partial charge in [0, 0.05) is 30.6 Å². The lowest BCUT2D eigenvalue weighted by Gasteiger charge is -2.10. The van der Waals surface area contributed by atoms with Gasteiger partial charge in [0.2, 0.25) is 0 Å². The Morgan fingerprint density at radius 3 is 2.71 bits per heavy atom. The van der Waals surface area contributed by atoms with Crippen LogP contribution in [0.25, 0.3) is 15.9 Å². The summed E-state index contributed by atoms with van der Waals surface area (Å²) in [6.45, 7) is 4.77. The number of amides is 1. The number of carbonyl (C=O) groups excluding carboxylic acids is 1. The minimum Gasteiger partial charge on any atom is -0.493 e. The van der Waals surface area contributed by atoms with Crippen molar-refractivity contribution in [2.75, 3.05) is 20.8 Å². The fraction of sp³-hybridized carbons (Fsp3) is 0.240. The molecule has 0 unspecified atom stereocenters. The second kappa shape index (κ2) is 10.5. The molecule has 9 heteroatoms. The number of aryl methyl sites for hydroxylation is 1. The molecule has 0 atom stereocenters. The summed E-state index contributed by atoms with van der Waals surface area (Å²) in [5.74, 6) is 0.939. The van der Waals surface area contributed by atoms with Crippen molar-refractivity contribution < 1.29 is 19.0 Å². The van der Waals surface area contributed by atoms with Gasteiger partial charge in [0.15, 0.2) is 11.5 Å². The molecule has 4 rings (SSSR count). The Morgan fingerprint density at radius 2 is 2.00 bits per heavy atom. The summed E-state index contributed by atoms with van der Waals surface area (Å²) in [6, 6.07) is 11.3. The number of rotatable bonds is 9. The van der Waals surface area contributed by atoms with E-state index in [4.69, 9.17) is 14.2 Å². The highest BCUT2D eigenvalue weighted by Gasteiger charge is 2.23. The van der Waals surface area contributed by atoms with Crippen molar-refractivity contribution in [2.24, 2.45) is 5.10 Å². The molecular formula is C25H26N4O4S. The van der Waals surface area contributed by atoms with Crippen LogP contribution in [0.1, 0.15) is 33.4 Å². The van der Waals surface area contributed by atoms with Crippen LogP contribution >= 0.6 is 11.3 Å². The Labute approximate surface area is 201 Å². The van der Waals surface area contributed by atoms with Crippen LogP contribution in [0.3, 0.4) is 0 Å². The molecule has 0 saturated carbocycles. The quantitative estimate of drug-likeness (QED) is 0.278. The van der Waals surface area contributed by atoms with Gasteiger partial charge in [0.25, 0.3) is 5.91 Å². The third kappa shape index (κ3) is 4.80. The minimum atomic E-state index is -0.317. The van der Waals surface area contributed by atoms with Crippen LogP contribution in [0.2, 0.25) is 0 Å². The summed E-state index contributed by atoms with van der Waals surface area (Å²) >= 11 is 1.33. The summed E-state index contributed by atoms with van der Waals surface area (Å²) in [5, 5.41) is 5.08. The summed E-state index contributed by atoms with van der Waals surface area (Å²) in [5.41, 5.74) is 6.04. The molecule has 1 amide bonds. The lowest BCUT2D eigenvalue weighted by molar-refractivity contribution is 0.0959. The van der Waals surface area contributed by atoms with Gasteiger partial charge in [-0.05, 0) is 61.4 Å². The molecule has 0 aliphatic carbocycles. The molecule has 0 bridgehead atoms. The first-order chi connectivity index (χ1) is 16.5. The predicted molar refractivity (Wildman–Crippen MR) is 134 cm³/mol. The van der Waals surface area contributed by atoms with E-state index in [1.807, 2.05) is 61.1 Å². The highest BCUT2D eigenvalue weighted by Crippen LogP contribution is 2.36. The van der Waals surface area contributed by atoms with E-state index in [1.54, 1.807) is 26.5 Å². The van der Waals surface area contributed by atoms with Crippen molar-refractivity contribution in [3.63, 3.8) is 0 Å². The molecule has 1 aromatic carbocycles. The maximum absolute atomic E-state index is 13.2. The van der Waals surface area contributed by atoms with Crippen molar-refractivity contribution in [3.05, 3.63) is 70.5 Å². The number of nitrogens with one attached hydrogen (secondary N) is 1. The molecule has 3 heterocycles. The zero-order valence-corrected chi connectivity index (χ0v) is 20.3. The maximum Gasteiger partial charge on any atom is 0.283 e. The summed E-state index contributed by atoms with van der Waals surface area (Å²) < 4.78 is 18.3. The van der Waals surface area contributed by atoms with Gasteiger partial charge in [-0.15, -0.1) is 11.3 Å². The molecule has 0 aliphatic heterocycles. The van der Waals surface area contributed by atoms with Crippen LogP contribution in [0.15, 0.2) is 53.9 Å². The van der Waals surface area contributed by atoms with Gasteiger partial charge in [-0.1, -0.05) is 0 Å². The van der Waals surface area contributed by atoms with Crippen molar-refractivity contribution in [3.8, 4) is 17.2 Å². The Bertz CT molecular complexity index is 1330. The van der Waals surface area contributed by atoms with Gasteiger partial charge in [-0.25, -0.2) is 10.4 Å². The third-order valence-electron chi connectivity index (χ3n) is 5.08. The largest absolute Gasteiger partial charge is 0.493 e. The molecule has 34 heavy (non-hydrogen) atoms. The third-order valence-corrected chi connectivity index (χ3v) is 6.15. The van der Waals surface area contributed by atoms with Crippen LogP contribution in [-0.4, -0.2) is 42.5 Å². The molecular weight excluding hydrogens is 452 g/mol. The number of nitrogens with zero attached hydrogens (tertiary/aromatic N) is 3. The first kappa shape index (κ1) is 23.5. The first-order valence-corrected chi connectivity index (χ1v) is 11.6. The van der Waals surface area contributed by atoms with E-state index in [0.29, 0.717) is 29.6 Å². The lowest BCUT2D eigenvalue weighted by atomic mass is 10.1. The second-order valence-electron chi connectivity index (χ2n) is 7.45. The number of aromatic nitrogens is 2. The highest BCUT2D eigenvalue weighted by atomic mass is 32.1. The van der Waals surface area contributed by atoms with Gasteiger partial charge in [0.05, 0.1) is 32.2 Å². The van der Waals surface area contributed by atoms with Crippen molar-refractivity contribution in [2.45, 2.75) is 20.5 Å². The van der Waals surface area contributed by atoms with Gasteiger partial charge >= 0.3 is 0 Å². The van der Waals surface area contributed by atoms with Gasteiger partial charge < -0.3 is 18.8 Å². The monoisotopic (exact) mass is 478 g/mol. The SMILES string of the molecule is CCOc1cc(/C=N/NC(=O)c2sc3nc(C)cc(COC)c3c2-n2cccc2)ccc1OC. The van der Waals surface area contributed by atoms with E-state index < -0.39 is 0 Å². The number of pyridine rings is 1. The number of ether oxygens (including phenoxy) is 3. The van der Waals surface area contributed by atoms with Crippen LogP contribution < -0.4 is 14.9 Å². The van der Waals surface area contributed by atoms with Gasteiger partial charge in [-0.2, -0.15) is 5.10 Å². The summed E-state index contributed by atoms with van der Waals surface area (Å²) in [7, 11) is 3.25. The summed E-state index contributed by atoms with van der Waals surface area (Å²) in [6.07, 6.45) is 5.39. The number of fused-ring (bicyclic) bond motifs is 1. The number of methoxy groups -OCH3 is 2. The standard InChI is InChI=1S/C25H26N4O4S/c1-5-33-20-13-17(8-9-19(20)32-4)14-26-28-24(30)23-22(29-10-6-7-11-29)21-18(15-31-3)12-16(2)27-25(21)34-23/h6-14H,5,15H2,1-4H3,(H,28,30)/b26-14+. The maximum atomic E-state index is 13.2. The molecule has 3 aromatic heterocycles. The fourth-order valence-corrected chi connectivity index (χ4v) is 4.86. The van der Waals surface area contributed by atoms with E-state index in [2.05, 4.69) is 15.5 Å². The Hall–Kier alpha value is -3.69. The van der Waals surface area contributed by atoms with Crippen LogP contribution in [0, 0.1) is 6.92 Å². The molecule has 1 N–H and O–H groups in total. The van der Waals surface area contributed by atoms with Gasteiger partial charge in [0.1, 0.15) is 9.71 Å². The van der Waals surface area contributed by atoms with E-state index in [-0.39, 0.29) is 5.91 Å². The van der Waals surface area contributed by atoms with Crippen LogP contribution in [-0.2, 0) is 11.3 Å². The molecule has 176 valence electrons. The smallest absolute Gasteiger partial charge is 0.283 e. The zero-order chi connectivity index (χ0) is 24.1. The number of thiophene rings is 1. The lowest BCUT2D eigenvalue weighted by Crippen LogP contribution is -2.18. The van der Waals surface area contributed by atoms with E-state index in [0.717, 1.165) is 32.7 Å². The second-order valence-corrected chi connectivity index (χ2v) is 8.45. The molecule has 0 radical (unpaired) electrons. The Morgan fingerprint density at radius 1 is 1.21 bits per heavy atom. The molecule has 0 aliphatic rings. The van der Waals surface area contributed by atoms with E-state index >= 15 is 0 Å². The first-order valence-electron chi connectivity index (χ1n) is 10.7. The van der Waals surface area contributed by atoms with Crippen LogP contribution in [0.4, 0.5) is 0 Å². The summed E-state index contributed by atoms with van der Waals surface area (Å²) in [4.78, 5) is 19.2. The number of hydrazone groups is 1. The Kier molecular flexibility index (Phi) is 7.24. The van der Waals surface area contributed by atoms with Crippen molar-refractivity contribution >= 4 is 33.7 Å². The molecule has 8 nitrogen and oxygen atoms in total. The molecule has 0 spiro atoms. The zero-order valence-electron chi connectivity index (χ0n) is 19.5. The number of benzene rings is 1. The van der Waals surface area contributed by atoms with E-state index in [1.165, 1.54) is 11.3 Å². The highest BCUT2D eigenvalue weighted by molar-refractivity contribution is 7.21. The molecule has 0 saturated heterocycles. The van der Waals surface area contributed by atoms with Crippen LogP contribution in [0.5, 0.6) is 11.5 Å². The average Bonchev–Trinajstić information content (AvgIpc) is 3.47. The molecule has 4 aromatic rings. The topological polar surface area (TPSA) is 87.0 Å². The number of hydrogen-bond donors (Lipinski definition) is 1. The Balaban J connectivity index is 1.67. The minimum absolute atomic E-state index is 0.317. The van der Waals surface area contributed by atoms with Gasteiger partial charge in [-0.3, -0.25) is 4.79 Å². The van der Waals surface area contributed by atoms with E-state index in [9.17, 15) is 4.79 Å². The molecule has 0 fully saturated rings. The normalized spacial score (nSPS) is 11.3. The fourth-order valence-electron chi connectivity index (χ4n) is 3.71. The van der Waals surface area contributed by atoms with Crippen molar-refractivity contribution in [1.29, 1.82) is 0 Å². The predicted octanol–water partition coefficient (Wildman–Crippen LogP) is 4.71. The van der Waals surface area contributed by atoms with Crippen molar-refractivity contribution in [1.82, 2.24) is 15.0 Å². The average molecular weight is 479 g/mol. The number of hydrogen-bond acceptors (Lipinski definition) is 7.